The molecule has 6 nitrogen and oxygen atoms in total. The van der Waals surface area contributed by atoms with Crippen LogP contribution in [0.1, 0.15) is 17.4 Å². The number of nitrogens with zero attached hydrogens (tertiary/aromatic N) is 2. The number of pyridine rings is 1. The minimum absolute atomic E-state index is 0.103. The summed E-state index contributed by atoms with van der Waals surface area (Å²) in [6.07, 6.45) is 2.88. The van der Waals surface area contributed by atoms with Crippen molar-refractivity contribution in [3.05, 3.63) is 36.7 Å². The second kappa shape index (κ2) is 7.15. The molecule has 0 radical (unpaired) electrons. The van der Waals surface area contributed by atoms with Crippen LogP contribution in [-0.4, -0.2) is 46.6 Å². The third-order valence-corrected chi connectivity index (χ3v) is 2.25. The fraction of sp³-hybridized carbons (Fsp3) is 0.308. The molecule has 19 heavy (non-hydrogen) atoms. The molecule has 0 aromatic carbocycles. The lowest BCUT2D eigenvalue weighted by atomic mass is 10.3. The third kappa shape index (κ3) is 4.09. The molecule has 1 heterocycles. The number of aromatic hydroxyl groups is 1. The quantitative estimate of drug-likeness (QED) is 0.612. The summed E-state index contributed by atoms with van der Waals surface area (Å²) in [5, 5.41) is 9.58. The zero-order valence-corrected chi connectivity index (χ0v) is 10.7. The summed E-state index contributed by atoms with van der Waals surface area (Å²) >= 11 is 0. The van der Waals surface area contributed by atoms with E-state index in [0.29, 0.717) is 0 Å². The molecule has 1 amide bonds. The van der Waals surface area contributed by atoms with E-state index in [1.54, 1.807) is 6.92 Å². The molecule has 0 atom stereocenters. The molecule has 0 bridgehead atoms. The highest BCUT2D eigenvalue weighted by Gasteiger charge is 2.21. The monoisotopic (exact) mass is 264 g/mol. The van der Waals surface area contributed by atoms with Crippen LogP contribution in [0, 0.1) is 0 Å². The average molecular weight is 264 g/mol. The first-order valence-electron chi connectivity index (χ1n) is 5.80. The van der Waals surface area contributed by atoms with E-state index < -0.39 is 11.9 Å². The van der Waals surface area contributed by atoms with Gasteiger partial charge >= 0.3 is 5.97 Å². The van der Waals surface area contributed by atoms with E-state index in [9.17, 15) is 14.7 Å². The molecule has 1 aromatic heterocycles. The van der Waals surface area contributed by atoms with Crippen LogP contribution in [-0.2, 0) is 9.53 Å². The molecular weight excluding hydrogens is 248 g/mol. The van der Waals surface area contributed by atoms with Gasteiger partial charge in [-0.25, -0.2) is 4.98 Å². The highest BCUT2D eigenvalue weighted by Crippen LogP contribution is 2.15. The van der Waals surface area contributed by atoms with Gasteiger partial charge < -0.3 is 14.7 Å². The molecule has 0 fully saturated rings. The summed E-state index contributed by atoms with van der Waals surface area (Å²) in [7, 11) is 0. The minimum atomic E-state index is -0.550. The fourth-order valence-electron chi connectivity index (χ4n) is 1.45. The first-order valence-corrected chi connectivity index (χ1v) is 5.80. The van der Waals surface area contributed by atoms with Crippen LogP contribution in [0.25, 0.3) is 0 Å². The second-order valence-electron chi connectivity index (χ2n) is 3.65. The zero-order valence-electron chi connectivity index (χ0n) is 10.7. The Bertz CT molecular complexity index is 473. The standard InChI is InChI=1S/C13H16N2O4/c1-3-8-15(9-11(17)19-4-2)13(18)12-10(16)6-5-7-14-12/h3,5-7,16H,1,4,8-9H2,2H3. The topological polar surface area (TPSA) is 79.7 Å². The van der Waals surface area contributed by atoms with Gasteiger partial charge in [-0.2, -0.15) is 0 Å². The van der Waals surface area contributed by atoms with Crippen LogP contribution < -0.4 is 0 Å². The molecule has 0 aliphatic rings. The van der Waals surface area contributed by atoms with Crippen LogP contribution in [0.2, 0.25) is 0 Å². The van der Waals surface area contributed by atoms with Crippen LogP contribution in [0.4, 0.5) is 0 Å². The highest BCUT2D eigenvalue weighted by molar-refractivity contribution is 5.96. The van der Waals surface area contributed by atoms with Crippen molar-refractivity contribution in [1.82, 2.24) is 9.88 Å². The van der Waals surface area contributed by atoms with Crippen molar-refractivity contribution in [3.8, 4) is 5.75 Å². The normalized spacial score (nSPS) is 9.74. The van der Waals surface area contributed by atoms with Crippen LogP contribution in [0.5, 0.6) is 5.75 Å². The molecule has 1 N–H and O–H groups in total. The number of rotatable bonds is 6. The van der Waals surface area contributed by atoms with Crippen LogP contribution in [0.15, 0.2) is 31.0 Å². The lowest BCUT2D eigenvalue weighted by Crippen LogP contribution is -2.37. The van der Waals surface area contributed by atoms with Crippen molar-refractivity contribution in [2.75, 3.05) is 19.7 Å². The van der Waals surface area contributed by atoms with Gasteiger partial charge in [0, 0.05) is 12.7 Å². The Kier molecular flexibility index (Phi) is 5.53. The number of hydrogen-bond acceptors (Lipinski definition) is 5. The van der Waals surface area contributed by atoms with Crippen molar-refractivity contribution in [2.24, 2.45) is 0 Å². The Morgan fingerprint density at radius 1 is 1.58 bits per heavy atom. The van der Waals surface area contributed by atoms with Crippen molar-refractivity contribution in [3.63, 3.8) is 0 Å². The van der Waals surface area contributed by atoms with Crippen molar-refractivity contribution in [1.29, 1.82) is 0 Å². The van der Waals surface area contributed by atoms with E-state index in [-0.39, 0.29) is 31.1 Å². The van der Waals surface area contributed by atoms with Gasteiger partial charge in [-0.05, 0) is 19.1 Å². The van der Waals surface area contributed by atoms with Crippen molar-refractivity contribution >= 4 is 11.9 Å². The second-order valence-corrected chi connectivity index (χ2v) is 3.65. The van der Waals surface area contributed by atoms with Crippen LogP contribution in [0.3, 0.4) is 0 Å². The van der Waals surface area contributed by atoms with Gasteiger partial charge in [0.15, 0.2) is 5.69 Å². The average Bonchev–Trinajstić information content (AvgIpc) is 2.38. The van der Waals surface area contributed by atoms with Crippen molar-refractivity contribution in [2.45, 2.75) is 6.92 Å². The summed E-state index contributed by atoms with van der Waals surface area (Å²) in [4.78, 5) is 28.6. The summed E-state index contributed by atoms with van der Waals surface area (Å²) in [6.45, 7) is 5.39. The summed E-state index contributed by atoms with van der Waals surface area (Å²) < 4.78 is 4.78. The van der Waals surface area contributed by atoms with Gasteiger partial charge in [-0.15, -0.1) is 6.58 Å². The van der Waals surface area contributed by atoms with Crippen LogP contribution >= 0.6 is 0 Å². The number of aromatic nitrogens is 1. The Hall–Kier alpha value is -2.37. The first kappa shape index (κ1) is 14.7. The SMILES string of the molecule is C=CCN(CC(=O)OCC)C(=O)c1ncccc1O. The molecule has 0 aliphatic heterocycles. The number of carbonyl (C=O) groups is 2. The maximum absolute atomic E-state index is 12.1. The number of ether oxygens (including phenoxy) is 1. The maximum Gasteiger partial charge on any atom is 0.325 e. The van der Waals surface area contributed by atoms with Crippen molar-refractivity contribution < 1.29 is 19.4 Å². The molecule has 6 heteroatoms. The van der Waals surface area contributed by atoms with Gasteiger partial charge in [0.2, 0.25) is 0 Å². The number of hydrogen-bond donors (Lipinski definition) is 1. The highest BCUT2D eigenvalue weighted by atomic mass is 16.5. The molecule has 0 aliphatic carbocycles. The molecule has 0 saturated heterocycles. The van der Waals surface area contributed by atoms with E-state index >= 15 is 0 Å². The lowest BCUT2D eigenvalue weighted by molar-refractivity contribution is -0.143. The molecule has 0 spiro atoms. The predicted molar refractivity (Wildman–Crippen MR) is 68.6 cm³/mol. The fourth-order valence-corrected chi connectivity index (χ4v) is 1.45. The summed E-state index contributed by atoms with van der Waals surface area (Å²) in [5.74, 6) is -1.30. The first-order chi connectivity index (χ1) is 9.10. The predicted octanol–water partition coefficient (Wildman–Crippen LogP) is 0.978. The van der Waals surface area contributed by atoms with Gasteiger partial charge in [0.05, 0.1) is 6.61 Å². The number of carbonyl (C=O) groups excluding carboxylic acids is 2. The molecule has 1 aromatic rings. The Morgan fingerprint density at radius 3 is 2.89 bits per heavy atom. The Morgan fingerprint density at radius 2 is 2.32 bits per heavy atom. The van der Waals surface area contributed by atoms with E-state index in [1.165, 1.54) is 29.3 Å². The van der Waals surface area contributed by atoms with Gasteiger partial charge in [0.1, 0.15) is 12.3 Å². The van der Waals surface area contributed by atoms with E-state index in [2.05, 4.69) is 11.6 Å². The molecular formula is C13H16N2O4. The third-order valence-electron chi connectivity index (χ3n) is 2.25. The Balaban J connectivity index is 2.87. The summed E-state index contributed by atoms with van der Waals surface area (Å²) in [5.41, 5.74) is -0.103. The lowest BCUT2D eigenvalue weighted by Gasteiger charge is -2.19. The minimum Gasteiger partial charge on any atom is -0.505 e. The molecule has 102 valence electrons. The molecule has 1 rings (SSSR count). The molecule has 0 unspecified atom stereocenters. The van der Waals surface area contributed by atoms with Gasteiger partial charge in [0.25, 0.3) is 5.91 Å². The van der Waals surface area contributed by atoms with Gasteiger partial charge in [-0.1, -0.05) is 6.08 Å². The zero-order chi connectivity index (χ0) is 14.3. The Labute approximate surface area is 111 Å². The van der Waals surface area contributed by atoms with E-state index in [4.69, 9.17) is 4.74 Å². The number of amides is 1. The smallest absolute Gasteiger partial charge is 0.325 e. The maximum atomic E-state index is 12.1. The number of esters is 1. The largest absolute Gasteiger partial charge is 0.505 e. The van der Waals surface area contributed by atoms with Gasteiger partial charge in [-0.3, -0.25) is 9.59 Å². The van der Waals surface area contributed by atoms with E-state index in [1.807, 2.05) is 0 Å². The molecule has 0 saturated carbocycles. The van der Waals surface area contributed by atoms with E-state index in [0.717, 1.165) is 0 Å². The summed E-state index contributed by atoms with van der Waals surface area (Å²) in [6, 6.07) is 2.87.